The summed E-state index contributed by atoms with van der Waals surface area (Å²) >= 11 is 0. The molecule has 1 N–H and O–H groups in total. The van der Waals surface area contributed by atoms with Crippen LogP contribution >= 0.6 is 0 Å². The highest BCUT2D eigenvalue weighted by atomic mass is 16.2. The minimum Gasteiger partial charge on any atom is -0.338 e. The maximum absolute atomic E-state index is 12.3. The molecule has 1 rings (SSSR count). The molecule has 23 heavy (non-hydrogen) atoms. The maximum Gasteiger partial charge on any atom is 0.226 e. The van der Waals surface area contributed by atoms with Crippen molar-refractivity contribution >= 4 is 17.5 Å². The van der Waals surface area contributed by atoms with E-state index in [0.717, 1.165) is 11.3 Å². The third-order valence-corrected chi connectivity index (χ3v) is 3.76. The molecule has 0 bridgehead atoms. The minimum atomic E-state index is -0.282. The molecule has 0 unspecified atom stereocenters. The summed E-state index contributed by atoms with van der Waals surface area (Å²) in [5, 5.41) is 2.99. The third-order valence-electron chi connectivity index (χ3n) is 3.76. The van der Waals surface area contributed by atoms with E-state index in [4.69, 9.17) is 0 Å². The number of rotatable bonds is 4. The zero-order valence-corrected chi connectivity index (χ0v) is 15.5. The SMILES string of the molecule is CC(=O)N(CCC(=O)Nc1ccccc1C(C)(C)C)C(C)(C)C. The van der Waals surface area contributed by atoms with Gasteiger partial charge in [-0.25, -0.2) is 0 Å². The van der Waals surface area contributed by atoms with Crippen LogP contribution in [0.5, 0.6) is 0 Å². The minimum absolute atomic E-state index is 0.0135. The summed E-state index contributed by atoms with van der Waals surface area (Å²) in [6.07, 6.45) is 0.287. The predicted octanol–water partition coefficient (Wildman–Crippen LogP) is 3.96. The van der Waals surface area contributed by atoms with Crippen molar-refractivity contribution in [3.05, 3.63) is 29.8 Å². The molecule has 4 heteroatoms. The quantitative estimate of drug-likeness (QED) is 0.913. The Bertz CT molecular complexity index is 565. The first-order valence-electron chi connectivity index (χ1n) is 8.10. The summed E-state index contributed by atoms with van der Waals surface area (Å²) < 4.78 is 0. The van der Waals surface area contributed by atoms with E-state index >= 15 is 0 Å². The number of hydrogen-bond donors (Lipinski definition) is 1. The lowest BCUT2D eigenvalue weighted by atomic mass is 9.86. The molecule has 0 heterocycles. The highest BCUT2D eigenvalue weighted by Crippen LogP contribution is 2.29. The van der Waals surface area contributed by atoms with Gasteiger partial charge >= 0.3 is 0 Å². The van der Waals surface area contributed by atoms with Crippen LogP contribution in [0.1, 0.15) is 60.5 Å². The van der Waals surface area contributed by atoms with Gasteiger partial charge in [-0.15, -0.1) is 0 Å². The average molecular weight is 318 g/mol. The first kappa shape index (κ1) is 19.2. The molecule has 0 radical (unpaired) electrons. The van der Waals surface area contributed by atoms with Gasteiger partial charge in [0.1, 0.15) is 0 Å². The number of benzene rings is 1. The van der Waals surface area contributed by atoms with Crippen LogP contribution in [0.15, 0.2) is 24.3 Å². The number of anilines is 1. The van der Waals surface area contributed by atoms with Crippen molar-refractivity contribution in [2.75, 3.05) is 11.9 Å². The van der Waals surface area contributed by atoms with Crippen LogP contribution in [0.4, 0.5) is 5.69 Å². The Labute approximate surface area is 140 Å². The molecule has 0 fully saturated rings. The second kappa shape index (κ2) is 7.16. The lowest BCUT2D eigenvalue weighted by molar-refractivity contribution is -0.134. The Morgan fingerprint density at radius 3 is 2.09 bits per heavy atom. The van der Waals surface area contributed by atoms with E-state index in [2.05, 4.69) is 26.1 Å². The fraction of sp³-hybridized carbons (Fsp3) is 0.579. The molecule has 2 amide bonds. The number of carbonyl (C=O) groups is 2. The standard InChI is InChI=1S/C19H30N2O2/c1-14(22)21(19(5,6)7)13-12-17(23)20-16-11-9-8-10-15(16)18(2,3)4/h8-11H,12-13H2,1-7H3,(H,20,23). The van der Waals surface area contributed by atoms with E-state index in [9.17, 15) is 9.59 Å². The van der Waals surface area contributed by atoms with E-state index in [0.29, 0.717) is 6.54 Å². The normalized spacial score (nSPS) is 12.0. The summed E-state index contributed by atoms with van der Waals surface area (Å²) in [7, 11) is 0. The fourth-order valence-electron chi connectivity index (χ4n) is 2.64. The van der Waals surface area contributed by atoms with Crippen molar-refractivity contribution < 1.29 is 9.59 Å². The number of carbonyl (C=O) groups excluding carboxylic acids is 2. The van der Waals surface area contributed by atoms with Gasteiger partial charge in [-0.3, -0.25) is 9.59 Å². The van der Waals surface area contributed by atoms with Gasteiger partial charge in [0, 0.05) is 31.1 Å². The molecule has 0 aliphatic rings. The summed E-state index contributed by atoms with van der Waals surface area (Å²) in [6.45, 7) is 14.2. The van der Waals surface area contributed by atoms with Crippen LogP contribution in [-0.4, -0.2) is 28.8 Å². The van der Waals surface area contributed by atoms with E-state index in [1.54, 1.807) is 4.90 Å². The van der Waals surface area contributed by atoms with Crippen LogP contribution in [0.25, 0.3) is 0 Å². The highest BCUT2D eigenvalue weighted by molar-refractivity contribution is 5.92. The van der Waals surface area contributed by atoms with E-state index in [1.807, 2.05) is 45.0 Å². The topological polar surface area (TPSA) is 49.4 Å². The molecule has 0 spiro atoms. The van der Waals surface area contributed by atoms with Gasteiger partial charge in [0.05, 0.1) is 0 Å². The Morgan fingerprint density at radius 1 is 1.04 bits per heavy atom. The van der Waals surface area contributed by atoms with Crippen LogP contribution in [-0.2, 0) is 15.0 Å². The largest absolute Gasteiger partial charge is 0.338 e. The van der Waals surface area contributed by atoms with Crippen molar-refractivity contribution in [1.82, 2.24) is 4.90 Å². The molecule has 1 aromatic carbocycles. The highest BCUT2D eigenvalue weighted by Gasteiger charge is 2.24. The van der Waals surface area contributed by atoms with E-state index in [-0.39, 0.29) is 29.2 Å². The summed E-state index contributed by atoms with van der Waals surface area (Å²) in [6, 6.07) is 7.85. The Kier molecular flexibility index (Phi) is 5.98. The zero-order chi connectivity index (χ0) is 17.8. The summed E-state index contributed by atoms with van der Waals surface area (Å²) in [4.78, 5) is 25.8. The second-order valence-electron chi connectivity index (χ2n) is 7.94. The van der Waals surface area contributed by atoms with Gasteiger partial charge in [-0.05, 0) is 37.8 Å². The molecule has 0 aromatic heterocycles. The van der Waals surface area contributed by atoms with Crippen molar-refractivity contribution in [3.63, 3.8) is 0 Å². The second-order valence-corrected chi connectivity index (χ2v) is 7.94. The molecule has 0 saturated heterocycles. The van der Waals surface area contributed by atoms with Gasteiger partial charge < -0.3 is 10.2 Å². The number of para-hydroxylation sites is 1. The fourth-order valence-corrected chi connectivity index (χ4v) is 2.64. The lowest BCUT2D eigenvalue weighted by Gasteiger charge is -2.34. The van der Waals surface area contributed by atoms with Crippen molar-refractivity contribution in [1.29, 1.82) is 0 Å². The van der Waals surface area contributed by atoms with Crippen molar-refractivity contribution in [2.24, 2.45) is 0 Å². The van der Waals surface area contributed by atoms with Crippen LogP contribution in [0.2, 0.25) is 0 Å². The summed E-state index contributed by atoms with van der Waals surface area (Å²) in [5.41, 5.74) is 1.62. The maximum atomic E-state index is 12.3. The molecule has 128 valence electrons. The number of nitrogens with one attached hydrogen (secondary N) is 1. The van der Waals surface area contributed by atoms with Crippen LogP contribution < -0.4 is 5.32 Å². The van der Waals surface area contributed by atoms with Gasteiger partial charge in [-0.2, -0.15) is 0 Å². The van der Waals surface area contributed by atoms with Gasteiger partial charge in [0.15, 0.2) is 0 Å². The number of amides is 2. The Balaban J connectivity index is 2.77. The van der Waals surface area contributed by atoms with Gasteiger partial charge in [-0.1, -0.05) is 39.0 Å². The molecular weight excluding hydrogens is 288 g/mol. The monoisotopic (exact) mass is 318 g/mol. The molecule has 1 aromatic rings. The molecular formula is C19H30N2O2. The molecule has 0 aliphatic carbocycles. The first-order chi connectivity index (χ1) is 10.4. The average Bonchev–Trinajstić information content (AvgIpc) is 2.36. The Hall–Kier alpha value is -1.84. The Morgan fingerprint density at radius 2 is 1.61 bits per heavy atom. The zero-order valence-electron chi connectivity index (χ0n) is 15.5. The smallest absolute Gasteiger partial charge is 0.226 e. The van der Waals surface area contributed by atoms with E-state index < -0.39 is 0 Å². The lowest BCUT2D eigenvalue weighted by Crippen LogP contribution is -2.45. The van der Waals surface area contributed by atoms with Crippen molar-refractivity contribution in [2.45, 2.75) is 65.8 Å². The van der Waals surface area contributed by atoms with Crippen molar-refractivity contribution in [3.8, 4) is 0 Å². The molecule has 4 nitrogen and oxygen atoms in total. The van der Waals surface area contributed by atoms with Gasteiger partial charge in [0.2, 0.25) is 11.8 Å². The molecule has 0 atom stereocenters. The van der Waals surface area contributed by atoms with Crippen LogP contribution in [0, 0.1) is 0 Å². The number of nitrogens with zero attached hydrogens (tertiary/aromatic N) is 1. The predicted molar refractivity (Wildman–Crippen MR) is 95.5 cm³/mol. The number of hydrogen-bond acceptors (Lipinski definition) is 2. The van der Waals surface area contributed by atoms with Crippen LogP contribution in [0.3, 0.4) is 0 Å². The first-order valence-corrected chi connectivity index (χ1v) is 8.10. The van der Waals surface area contributed by atoms with E-state index in [1.165, 1.54) is 6.92 Å². The molecule has 0 saturated carbocycles. The molecule has 0 aliphatic heterocycles. The summed E-state index contributed by atoms with van der Waals surface area (Å²) in [5.74, 6) is -0.0856. The van der Waals surface area contributed by atoms with Gasteiger partial charge in [0.25, 0.3) is 0 Å². The third kappa shape index (κ3) is 5.70.